The Morgan fingerprint density at radius 2 is 1.45 bits per heavy atom. The lowest BCUT2D eigenvalue weighted by atomic mass is 10.3. The average molecular weight is 430 g/mol. The van der Waals surface area contributed by atoms with Crippen molar-refractivity contribution in [3.8, 4) is 5.82 Å². The summed E-state index contributed by atoms with van der Waals surface area (Å²) in [6.07, 6.45) is -1.10. The van der Waals surface area contributed by atoms with Crippen LogP contribution in [0.3, 0.4) is 0 Å². The summed E-state index contributed by atoms with van der Waals surface area (Å²) in [6, 6.07) is 6.92. The zero-order chi connectivity index (χ0) is 21.6. The third kappa shape index (κ3) is 3.51. The van der Waals surface area contributed by atoms with Gasteiger partial charge in [0.05, 0.1) is 0 Å². The molecule has 4 aromatic rings. The van der Waals surface area contributed by atoms with Crippen LogP contribution in [-0.4, -0.2) is 65.7 Å². The molecule has 0 unspecified atom stereocenters. The fourth-order valence-corrected chi connectivity index (χ4v) is 3.52. The summed E-state index contributed by atoms with van der Waals surface area (Å²) in [6.45, 7) is 4.30. The molecule has 0 atom stereocenters. The minimum absolute atomic E-state index is 0.0539. The van der Waals surface area contributed by atoms with Gasteiger partial charge in [-0.05, 0) is 31.2 Å². The monoisotopic (exact) mass is 430 g/mol. The molecule has 1 fully saturated rings. The molecule has 0 saturated carbocycles. The first-order valence-electron chi connectivity index (χ1n) is 9.54. The molecular formula is C18H17F3N10. The lowest BCUT2D eigenvalue weighted by molar-refractivity contribution is -0.146. The number of alkyl halides is 3. The second-order valence-corrected chi connectivity index (χ2v) is 7.05. The van der Waals surface area contributed by atoms with Crippen LogP contribution in [0, 0.1) is 6.92 Å². The number of anilines is 2. The predicted octanol–water partition coefficient (Wildman–Crippen LogP) is 1.75. The third-order valence-electron chi connectivity index (χ3n) is 5.14. The van der Waals surface area contributed by atoms with Crippen molar-refractivity contribution in [3.05, 3.63) is 48.3 Å². The van der Waals surface area contributed by atoms with Gasteiger partial charge in [-0.15, -0.1) is 25.5 Å². The SMILES string of the molecule is Cc1nccn1-c1ccc(N2CCN(c3ccc4nnc(C(F)(F)F)n4n3)CC2)nn1. The summed E-state index contributed by atoms with van der Waals surface area (Å²) < 4.78 is 41.9. The van der Waals surface area contributed by atoms with Crippen LogP contribution in [0.25, 0.3) is 11.5 Å². The molecule has 5 rings (SSSR count). The zero-order valence-electron chi connectivity index (χ0n) is 16.4. The van der Waals surface area contributed by atoms with Gasteiger partial charge in [-0.2, -0.15) is 17.7 Å². The highest BCUT2D eigenvalue weighted by Crippen LogP contribution is 2.28. The van der Waals surface area contributed by atoms with Crippen molar-refractivity contribution in [1.82, 2.24) is 39.6 Å². The van der Waals surface area contributed by atoms with E-state index in [0.717, 1.165) is 16.2 Å². The quantitative estimate of drug-likeness (QED) is 0.486. The van der Waals surface area contributed by atoms with Crippen LogP contribution >= 0.6 is 0 Å². The van der Waals surface area contributed by atoms with Crippen LogP contribution in [0.4, 0.5) is 24.8 Å². The lowest BCUT2D eigenvalue weighted by Gasteiger charge is -2.35. The molecule has 0 aliphatic carbocycles. The van der Waals surface area contributed by atoms with Gasteiger partial charge in [-0.3, -0.25) is 4.57 Å². The summed E-state index contributed by atoms with van der Waals surface area (Å²) >= 11 is 0. The van der Waals surface area contributed by atoms with E-state index in [1.54, 1.807) is 12.3 Å². The summed E-state index contributed by atoms with van der Waals surface area (Å²) in [5.74, 6) is 1.55. The molecule has 13 heteroatoms. The first-order valence-corrected chi connectivity index (χ1v) is 9.54. The Morgan fingerprint density at radius 3 is 2.06 bits per heavy atom. The maximum atomic E-state index is 13.1. The largest absolute Gasteiger partial charge is 0.453 e. The van der Waals surface area contributed by atoms with Crippen LogP contribution in [0.1, 0.15) is 11.6 Å². The van der Waals surface area contributed by atoms with E-state index >= 15 is 0 Å². The van der Waals surface area contributed by atoms with Gasteiger partial charge in [0.15, 0.2) is 17.3 Å². The van der Waals surface area contributed by atoms with E-state index in [0.29, 0.717) is 37.8 Å². The van der Waals surface area contributed by atoms with E-state index in [1.165, 1.54) is 6.07 Å². The number of hydrogen-bond acceptors (Lipinski definition) is 8. The molecule has 1 aliphatic rings. The van der Waals surface area contributed by atoms with E-state index in [1.807, 2.05) is 34.7 Å². The number of rotatable bonds is 3. The number of aromatic nitrogens is 8. The van der Waals surface area contributed by atoms with Crippen molar-refractivity contribution in [1.29, 1.82) is 0 Å². The number of aryl methyl sites for hydroxylation is 1. The highest BCUT2D eigenvalue weighted by atomic mass is 19.4. The van der Waals surface area contributed by atoms with E-state index < -0.39 is 12.0 Å². The van der Waals surface area contributed by atoms with Crippen LogP contribution in [0.5, 0.6) is 0 Å². The molecule has 0 aromatic carbocycles. The summed E-state index contributed by atoms with van der Waals surface area (Å²) in [7, 11) is 0. The van der Waals surface area contributed by atoms with Crippen molar-refractivity contribution in [2.24, 2.45) is 0 Å². The molecule has 0 radical (unpaired) electrons. The molecule has 10 nitrogen and oxygen atoms in total. The van der Waals surface area contributed by atoms with E-state index in [9.17, 15) is 13.2 Å². The van der Waals surface area contributed by atoms with Gasteiger partial charge in [-0.25, -0.2) is 4.98 Å². The molecule has 0 amide bonds. The normalized spacial score (nSPS) is 15.1. The van der Waals surface area contributed by atoms with Crippen molar-refractivity contribution in [3.63, 3.8) is 0 Å². The Hall–Kier alpha value is -3.77. The Labute approximate surface area is 174 Å². The van der Waals surface area contributed by atoms with Crippen molar-refractivity contribution in [2.45, 2.75) is 13.1 Å². The van der Waals surface area contributed by atoms with Crippen molar-refractivity contribution in [2.75, 3.05) is 36.0 Å². The fraction of sp³-hybridized carbons (Fsp3) is 0.333. The Bertz CT molecular complexity index is 1210. The summed E-state index contributed by atoms with van der Waals surface area (Å²) in [4.78, 5) is 8.18. The minimum Gasteiger partial charge on any atom is -0.352 e. The summed E-state index contributed by atoms with van der Waals surface area (Å²) in [5, 5.41) is 19.5. The van der Waals surface area contributed by atoms with Gasteiger partial charge in [-0.1, -0.05) is 0 Å². The average Bonchev–Trinajstić information content (AvgIpc) is 3.39. The zero-order valence-corrected chi connectivity index (χ0v) is 16.4. The molecule has 0 bridgehead atoms. The van der Waals surface area contributed by atoms with Crippen LogP contribution < -0.4 is 9.80 Å². The number of nitrogens with zero attached hydrogens (tertiary/aromatic N) is 10. The standard InChI is InChI=1S/C18H17F3N10/c1-12-22-6-7-30(12)14-3-2-13(23-24-14)28-8-10-29(11-9-28)16-5-4-15-25-26-17(18(19,20)21)31(15)27-16/h2-7H,8-11H2,1H3. The first-order chi connectivity index (χ1) is 14.9. The number of hydrogen-bond donors (Lipinski definition) is 0. The van der Waals surface area contributed by atoms with Gasteiger partial charge in [0, 0.05) is 38.6 Å². The topological polar surface area (TPSA) is 93.2 Å². The highest BCUT2D eigenvalue weighted by molar-refractivity contribution is 5.48. The molecule has 5 heterocycles. The van der Waals surface area contributed by atoms with Gasteiger partial charge < -0.3 is 9.80 Å². The maximum Gasteiger partial charge on any atom is 0.453 e. The molecule has 0 spiro atoms. The number of fused-ring (bicyclic) bond motifs is 1. The van der Waals surface area contributed by atoms with Gasteiger partial charge >= 0.3 is 6.18 Å². The second kappa shape index (κ2) is 7.18. The molecule has 0 N–H and O–H groups in total. The number of halogens is 3. The lowest BCUT2D eigenvalue weighted by Crippen LogP contribution is -2.47. The van der Waals surface area contributed by atoms with Crippen LogP contribution in [0.15, 0.2) is 36.7 Å². The summed E-state index contributed by atoms with van der Waals surface area (Å²) in [5.41, 5.74) is 0.0539. The second-order valence-electron chi connectivity index (χ2n) is 7.05. The van der Waals surface area contributed by atoms with Gasteiger partial charge in [0.25, 0.3) is 5.82 Å². The molecule has 31 heavy (non-hydrogen) atoms. The minimum atomic E-state index is -4.62. The van der Waals surface area contributed by atoms with E-state index in [-0.39, 0.29) is 5.65 Å². The maximum absolute atomic E-state index is 13.1. The molecule has 4 aromatic heterocycles. The van der Waals surface area contributed by atoms with Gasteiger partial charge in [0.1, 0.15) is 11.6 Å². The first kappa shape index (κ1) is 19.2. The van der Waals surface area contributed by atoms with Crippen LogP contribution in [-0.2, 0) is 6.18 Å². The highest BCUT2D eigenvalue weighted by Gasteiger charge is 2.37. The fourth-order valence-electron chi connectivity index (χ4n) is 3.52. The molecule has 1 aliphatic heterocycles. The number of imidazole rings is 1. The molecule has 160 valence electrons. The third-order valence-corrected chi connectivity index (χ3v) is 5.14. The van der Waals surface area contributed by atoms with Gasteiger partial charge in [0.2, 0.25) is 0 Å². The Balaban J connectivity index is 1.30. The van der Waals surface area contributed by atoms with E-state index in [4.69, 9.17) is 0 Å². The van der Waals surface area contributed by atoms with Crippen molar-refractivity contribution >= 4 is 17.3 Å². The Kier molecular flexibility index (Phi) is 4.45. The van der Waals surface area contributed by atoms with Crippen LogP contribution in [0.2, 0.25) is 0 Å². The predicted molar refractivity (Wildman–Crippen MR) is 104 cm³/mol. The molecule has 1 saturated heterocycles. The van der Waals surface area contributed by atoms with E-state index in [2.05, 4.69) is 35.4 Å². The number of piperazine rings is 1. The van der Waals surface area contributed by atoms with Crippen molar-refractivity contribution < 1.29 is 13.2 Å². The smallest absolute Gasteiger partial charge is 0.352 e. The Morgan fingerprint density at radius 1 is 0.806 bits per heavy atom. The molecular weight excluding hydrogens is 413 g/mol.